The molecule has 0 unspecified atom stereocenters. The number of nitrogens with zero attached hydrogens (tertiary/aromatic N) is 2. The van der Waals surface area contributed by atoms with E-state index in [0.29, 0.717) is 16.6 Å². The molecule has 0 atom stereocenters. The molecule has 2 heterocycles. The van der Waals surface area contributed by atoms with Gasteiger partial charge in [-0.15, -0.1) is 0 Å². The van der Waals surface area contributed by atoms with E-state index in [0.717, 1.165) is 0 Å². The van der Waals surface area contributed by atoms with Gasteiger partial charge >= 0.3 is 10.3 Å². The summed E-state index contributed by atoms with van der Waals surface area (Å²) in [4.78, 5) is 10.5. The van der Waals surface area contributed by atoms with Crippen molar-refractivity contribution in [2.75, 3.05) is 0 Å². The Hall–Kier alpha value is -1.22. The quantitative estimate of drug-likeness (QED) is 0.775. The topological polar surface area (TPSA) is 111 Å². The van der Waals surface area contributed by atoms with Crippen LogP contribution < -0.4 is 5.14 Å². The summed E-state index contributed by atoms with van der Waals surface area (Å²) in [7, 11) is -3.98. The van der Waals surface area contributed by atoms with Crippen molar-refractivity contribution >= 4 is 32.9 Å². The summed E-state index contributed by atoms with van der Waals surface area (Å²) in [6.45, 7) is -0.216. The summed E-state index contributed by atoms with van der Waals surface area (Å²) >= 11 is 5.85. The highest BCUT2D eigenvalue weighted by atomic mass is 35.5. The van der Waals surface area contributed by atoms with E-state index in [4.69, 9.17) is 16.7 Å². The lowest BCUT2D eigenvalue weighted by Crippen LogP contribution is -2.15. The normalized spacial score (nSPS) is 12.1. The van der Waals surface area contributed by atoms with Crippen LogP contribution in [0.15, 0.2) is 12.5 Å². The molecular weight excluding hydrogens is 256 g/mol. The summed E-state index contributed by atoms with van der Waals surface area (Å²) in [6, 6.07) is 0. The molecule has 0 radical (unpaired) electrons. The highest BCUT2D eigenvalue weighted by Gasteiger charge is 2.11. The predicted molar refractivity (Wildman–Crippen MR) is 56.8 cm³/mol. The number of aromatic nitrogens is 3. The zero-order valence-corrected chi connectivity index (χ0v) is 9.42. The van der Waals surface area contributed by atoms with Crippen LogP contribution in [0.2, 0.25) is 5.15 Å². The van der Waals surface area contributed by atoms with Gasteiger partial charge in [-0.1, -0.05) is 11.6 Å². The van der Waals surface area contributed by atoms with E-state index in [9.17, 15) is 8.42 Å². The van der Waals surface area contributed by atoms with E-state index in [1.54, 1.807) is 0 Å². The molecule has 3 N–H and O–H groups in total. The minimum absolute atomic E-state index is 0.216. The molecule has 0 spiro atoms. The van der Waals surface area contributed by atoms with Crippen LogP contribution in [0.5, 0.6) is 0 Å². The lowest BCUT2D eigenvalue weighted by atomic mass is 10.2. The Morgan fingerprint density at radius 1 is 1.50 bits per heavy atom. The van der Waals surface area contributed by atoms with Crippen LogP contribution in [0.25, 0.3) is 11.0 Å². The number of hydrogen-bond acceptors (Lipinski definition) is 5. The fourth-order valence-corrected chi connectivity index (χ4v) is 1.79. The lowest BCUT2D eigenvalue weighted by Gasteiger charge is -1.99. The Bertz CT molecular complexity index is 624. The third kappa shape index (κ3) is 2.30. The molecule has 2 rings (SSSR count). The Kier molecular flexibility index (Phi) is 2.80. The second kappa shape index (κ2) is 3.98. The van der Waals surface area contributed by atoms with E-state index in [2.05, 4.69) is 19.1 Å². The summed E-state index contributed by atoms with van der Waals surface area (Å²) < 4.78 is 25.7. The number of nitrogens with one attached hydrogen (secondary N) is 1. The van der Waals surface area contributed by atoms with E-state index in [1.165, 1.54) is 12.5 Å². The van der Waals surface area contributed by atoms with Gasteiger partial charge in [0.2, 0.25) is 0 Å². The first-order valence-electron chi connectivity index (χ1n) is 4.11. The molecule has 0 saturated carbocycles. The summed E-state index contributed by atoms with van der Waals surface area (Å²) in [6.07, 6.45) is 2.84. The second-order valence-electron chi connectivity index (χ2n) is 2.96. The lowest BCUT2D eigenvalue weighted by molar-refractivity contribution is 0.310. The molecule has 7 nitrogen and oxygen atoms in total. The highest BCUT2D eigenvalue weighted by molar-refractivity contribution is 7.84. The molecule has 0 bridgehead atoms. The molecule has 2 aromatic heterocycles. The van der Waals surface area contributed by atoms with Gasteiger partial charge in [0.1, 0.15) is 17.1 Å². The molecule has 86 valence electrons. The molecule has 9 heteroatoms. The van der Waals surface area contributed by atoms with Gasteiger partial charge in [0.15, 0.2) is 0 Å². The van der Waals surface area contributed by atoms with Crippen molar-refractivity contribution < 1.29 is 12.6 Å². The summed E-state index contributed by atoms with van der Waals surface area (Å²) in [5.41, 5.74) is 1.03. The van der Waals surface area contributed by atoms with Crippen LogP contribution in [0.1, 0.15) is 5.56 Å². The van der Waals surface area contributed by atoms with E-state index < -0.39 is 10.3 Å². The summed E-state index contributed by atoms with van der Waals surface area (Å²) in [5, 5.41) is 5.45. The van der Waals surface area contributed by atoms with Gasteiger partial charge < -0.3 is 4.98 Å². The van der Waals surface area contributed by atoms with E-state index in [-0.39, 0.29) is 11.8 Å². The van der Waals surface area contributed by atoms with Gasteiger partial charge in [0.05, 0.1) is 12.0 Å². The minimum atomic E-state index is -3.98. The molecule has 0 aliphatic rings. The molecular formula is C7H7ClN4O3S. The SMILES string of the molecule is NS(=O)(=O)OCc1c[nH]c2ncnc(Cl)c12. The van der Waals surface area contributed by atoms with Crippen molar-refractivity contribution in [1.29, 1.82) is 0 Å². The van der Waals surface area contributed by atoms with E-state index in [1.807, 2.05) is 0 Å². The van der Waals surface area contributed by atoms with Gasteiger partial charge in [0, 0.05) is 11.8 Å². The van der Waals surface area contributed by atoms with E-state index >= 15 is 0 Å². The number of rotatable bonds is 3. The third-order valence-electron chi connectivity index (χ3n) is 1.88. The van der Waals surface area contributed by atoms with Crippen molar-refractivity contribution in [3.05, 3.63) is 23.2 Å². The van der Waals surface area contributed by atoms with Crippen molar-refractivity contribution in [2.24, 2.45) is 5.14 Å². The average molecular weight is 263 g/mol. The first-order chi connectivity index (χ1) is 7.47. The maximum atomic E-state index is 10.6. The maximum absolute atomic E-state index is 10.6. The highest BCUT2D eigenvalue weighted by Crippen LogP contribution is 2.23. The van der Waals surface area contributed by atoms with Gasteiger partial charge in [-0.25, -0.2) is 15.1 Å². The van der Waals surface area contributed by atoms with Crippen molar-refractivity contribution in [3.63, 3.8) is 0 Å². The minimum Gasteiger partial charge on any atom is -0.346 e. The Morgan fingerprint density at radius 3 is 2.94 bits per heavy atom. The van der Waals surface area contributed by atoms with Crippen molar-refractivity contribution in [1.82, 2.24) is 15.0 Å². The van der Waals surface area contributed by atoms with Gasteiger partial charge in [-0.2, -0.15) is 8.42 Å². The zero-order valence-electron chi connectivity index (χ0n) is 7.84. The molecule has 0 aliphatic heterocycles. The molecule has 16 heavy (non-hydrogen) atoms. The number of aromatic amines is 1. The number of H-pyrrole nitrogens is 1. The van der Waals surface area contributed by atoms with Crippen molar-refractivity contribution in [2.45, 2.75) is 6.61 Å². The molecule has 0 aliphatic carbocycles. The zero-order chi connectivity index (χ0) is 11.8. The van der Waals surface area contributed by atoms with Crippen LogP contribution in [0.4, 0.5) is 0 Å². The molecule has 0 fully saturated rings. The summed E-state index contributed by atoms with van der Waals surface area (Å²) in [5.74, 6) is 0. The molecule has 2 aromatic rings. The van der Waals surface area contributed by atoms with Crippen LogP contribution in [0, 0.1) is 0 Å². The largest absolute Gasteiger partial charge is 0.346 e. The Balaban J connectivity index is 2.39. The number of fused-ring (bicyclic) bond motifs is 1. The average Bonchev–Trinajstić information content (AvgIpc) is 2.58. The monoisotopic (exact) mass is 262 g/mol. The van der Waals surface area contributed by atoms with Crippen LogP contribution in [0.3, 0.4) is 0 Å². The smallest absolute Gasteiger partial charge is 0.333 e. The third-order valence-corrected chi connectivity index (χ3v) is 2.62. The first-order valence-corrected chi connectivity index (χ1v) is 5.96. The van der Waals surface area contributed by atoms with Gasteiger partial charge in [0.25, 0.3) is 0 Å². The van der Waals surface area contributed by atoms with Crippen molar-refractivity contribution in [3.8, 4) is 0 Å². The van der Waals surface area contributed by atoms with Gasteiger partial charge in [-0.3, -0.25) is 4.18 Å². The standard InChI is InChI=1S/C7H7ClN4O3S/c8-6-5-4(2-15-16(9,13)14)1-10-7(5)12-3-11-6/h1,3H,2H2,(H2,9,13,14)(H,10,11,12). The number of hydrogen-bond donors (Lipinski definition) is 2. The van der Waals surface area contributed by atoms with Gasteiger partial charge in [-0.05, 0) is 0 Å². The Morgan fingerprint density at radius 2 is 2.25 bits per heavy atom. The molecule has 0 aromatic carbocycles. The number of halogens is 1. The predicted octanol–water partition coefficient (Wildman–Crippen LogP) is 0.331. The second-order valence-corrected chi connectivity index (χ2v) is 4.54. The van der Waals surface area contributed by atoms with Crippen LogP contribution >= 0.6 is 11.6 Å². The fourth-order valence-electron chi connectivity index (χ4n) is 1.25. The molecule has 0 amide bonds. The maximum Gasteiger partial charge on any atom is 0.333 e. The number of nitrogens with two attached hydrogens (primary N) is 1. The van der Waals surface area contributed by atoms with Crippen LogP contribution in [-0.2, 0) is 21.1 Å². The Labute approximate surface area is 95.9 Å². The van der Waals surface area contributed by atoms with Crippen LogP contribution in [-0.4, -0.2) is 23.4 Å². The molecule has 0 saturated heterocycles. The first kappa shape index (κ1) is 11.3. The fraction of sp³-hybridized carbons (Fsp3) is 0.143.